The van der Waals surface area contributed by atoms with Gasteiger partial charge in [0.25, 0.3) is 0 Å². The van der Waals surface area contributed by atoms with E-state index >= 15 is 0 Å². The summed E-state index contributed by atoms with van der Waals surface area (Å²) in [5.41, 5.74) is 0. The van der Waals surface area contributed by atoms with Crippen molar-refractivity contribution in [1.82, 2.24) is 0 Å². The molecule has 0 heterocycles. The molecule has 0 atom stereocenters. The van der Waals surface area contributed by atoms with Crippen molar-refractivity contribution in [3.05, 3.63) is 18.2 Å². The van der Waals surface area contributed by atoms with Crippen LogP contribution in [0.4, 0.5) is 0 Å². The number of nitrogens with zero attached hydrogens (tertiary/aromatic N) is 2. The smallest absolute Gasteiger partial charge is 0.0465 e. The maximum Gasteiger partial charge on any atom is -0.0465 e. The Morgan fingerprint density at radius 2 is 1.12 bits per heavy atom. The van der Waals surface area contributed by atoms with Crippen molar-refractivity contribution in [3.8, 4) is 0 Å². The fraction of sp³-hybridized carbons (Fsp3) is 0.905. The molecule has 2 nitrogen and oxygen atoms in total. The van der Waals surface area contributed by atoms with Gasteiger partial charge in [-0.1, -0.05) is 52.4 Å². The molecule has 0 saturated heterocycles. The first-order valence-corrected chi connectivity index (χ1v) is 11.0. The summed E-state index contributed by atoms with van der Waals surface area (Å²) in [5, 5.41) is 3.50. The van der Waals surface area contributed by atoms with Crippen LogP contribution in [0.3, 0.4) is 0 Å². The van der Waals surface area contributed by atoms with Gasteiger partial charge in [0.2, 0.25) is 0 Å². The molecule has 0 aliphatic heterocycles. The van der Waals surface area contributed by atoms with E-state index in [-0.39, 0.29) is 0 Å². The van der Waals surface area contributed by atoms with Crippen LogP contribution in [0, 0.1) is 24.7 Å². The minimum Gasteiger partial charge on any atom is -0.668 e. The summed E-state index contributed by atoms with van der Waals surface area (Å²) in [5.74, 6) is 2.11. The van der Waals surface area contributed by atoms with Crippen molar-refractivity contribution in [2.45, 2.75) is 97.9 Å². The van der Waals surface area contributed by atoms with Crippen LogP contribution in [0.25, 0.3) is 5.32 Å². The summed E-state index contributed by atoms with van der Waals surface area (Å²) in [7, 11) is 3.50. The van der Waals surface area contributed by atoms with Crippen molar-refractivity contribution in [1.29, 1.82) is 0 Å². The van der Waals surface area contributed by atoms with Gasteiger partial charge in [0, 0.05) is 0 Å². The van der Waals surface area contributed by atoms with Gasteiger partial charge in [0.15, 0.2) is 0 Å². The van der Waals surface area contributed by atoms with Crippen LogP contribution >= 0.6 is 0 Å². The van der Waals surface area contributed by atoms with Crippen LogP contribution < -0.4 is 0 Å². The molecule has 2 aliphatic rings. The summed E-state index contributed by atoms with van der Waals surface area (Å²) in [6.07, 6.45) is 19.0. The van der Waals surface area contributed by atoms with Crippen LogP contribution in [-0.4, -0.2) is 20.1 Å². The van der Waals surface area contributed by atoms with E-state index in [2.05, 4.69) is 49.2 Å². The molecule has 2 fully saturated rings. The van der Waals surface area contributed by atoms with Gasteiger partial charge in [-0.25, -0.2) is 0 Å². The predicted molar refractivity (Wildman–Crippen MR) is 106 cm³/mol. The summed E-state index contributed by atoms with van der Waals surface area (Å²) >= 11 is 1.53. The Balaban J connectivity index is 0. The van der Waals surface area contributed by atoms with Crippen LogP contribution in [0.2, 0.25) is 0 Å². The van der Waals surface area contributed by atoms with Crippen molar-refractivity contribution in [2.24, 2.45) is 15.2 Å². The zero-order valence-corrected chi connectivity index (χ0v) is 19.5. The number of hydrogen-bond acceptors (Lipinski definition) is 1. The Kier molecular flexibility index (Phi) is 24.0. The largest absolute Gasteiger partial charge is 0.668 e. The molecule has 24 heavy (non-hydrogen) atoms. The molecule has 2 aliphatic carbocycles. The molecule has 3 heteroatoms. The standard InChI is InChI=1S/2C8H15.C3H7N.C2H6N.Nb/c2*1-2-8-6-4-3-5-7-8;1-3(2)4;1-3-2;/h2*3,8H,2,4-7H2,1H3;3H,1-2H3;1-2H3;/q2*-1;;-1;. The third kappa shape index (κ3) is 20.5. The minimum atomic E-state index is 0.531. The van der Waals surface area contributed by atoms with Gasteiger partial charge in [-0.15, -0.1) is 0 Å². The Bertz CT molecular complexity index is 214. The molecule has 0 unspecified atom stereocenters. The van der Waals surface area contributed by atoms with E-state index in [0.29, 0.717) is 6.04 Å². The van der Waals surface area contributed by atoms with E-state index in [1.165, 1.54) is 85.1 Å². The average Bonchev–Trinajstić information content (AvgIpc) is 2.64. The summed E-state index contributed by atoms with van der Waals surface area (Å²) in [4.78, 5) is 0. The second kappa shape index (κ2) is 21.5. The molecular weight excluding hydrogens is 373 g/mol. The van der Waals surface area contributed by atoms with Gasteiger partial charge in [-0.2, -0.15) is 39.8 Å². The first-order valence-electron chi connectivity index (χ1n) is 10.0. The number of rotatable bonds is 3. The van der Waals surface area contributed by atoms with Crippen molar-refractivity contribution < 1.29 is 20.9 Å². The van der Waals surface area contributed by atoms with E-state index < -0.39 is 0 Å². The third-order valence-corrected chi connectivity index (χ3v) is 5.64. The third-order valence-electron chi connectivity index (χ3n) is 4.50. The zero-order valence-electron chi connectivity index (χ0n) is 17.3. The van der Waals surface area contributed by atoms with Crippen LogP contribution in [0.5, 0.6) is 0 Å². The Hall–Kier alpha value is 0.500. The SMILES string of the molecule is CC(C)[N]=[Nb].CCC1CC[CH-]CC1.CCC1CC[CH-]CC1.C[N-]C. The van der Waals surface area contributed by atoms with Gasteiger partial charge in [0.1, 0.15) is 0 Å². The second-order valence-corrected chi connectivity index (χ2v) is 7.66. The molecule has 0 amide bonds. The molecule has 0 aromatic rings. The molecule has 145 valence electrons. The molecule has 0 bridgehead atoms. The van der Waals surface area contributed by atoms with Crippen molar-refractivity contribution in [2.75, 3.05) is 14.1 Å². The van der Waals surface area contributed by atoms with Gasteiger partial charge in [-0.3, -0.25) is 0 Å². The quantitative estimate of drug-likeness (QED) is 0.340. The van der Waals surface area contributed by atoms with Crippen LogP contribution in [-0.2, 0) is 20.9 Å². The molecular formula is C21H43N2Nb-3. The van der Waals surface area contributed by atoms with E-state index in [0.717, 1.165) is 11.8 Å². The molecule has 0 aromatic heterocycles. The summed E-state index contributed by atoms with van der Waals surface area (Å²) in [6.45, 7) is 8.74. The number of hydrogen-bond donors (Lipinski definition) is 0. The Labute approximate surface area is 166 Å². The van der Waals surface area contributed by atoms with E-state index in [1.54, 1.807) is 14.1 Å². The molecule has 0 aromatic carbocycles. The van der Waals surface area contributed by atoms with Crippen LogP contribution in [0.15, 0.2) is 3.34 Å². The maximum absolute atomic E-state index is 3.94. The Morgan fingerprint density at radius 3 is 1.25 bits per heavy atom. The molecule has 2 saturated carbocycles. The van der Waals surface area contributed by atoms with Gasteiger partial charge < -0.3 is 18.2 Å². The van der Waals surface area contributed by atoms with E-state index in [4.69, 9.17) is 0 Å². The fourth-order valence-corrected chi connectivity index (χ4v) is 2.81. The van der Waals surface area contributed by atoms with E-state index in [1.807, 2.05) is 0 Å². The zero-order chi connectivity index (χ0) is 18.6. The monoisotopic (exact) mass is 416 g/mol. The van der Waals surface area contributed by atoms with E-state index in [9.17, 15) is 0 Å². The second-order valence-electron chi connectivity index (χ2n) is 7.09. The average molecular weight is 416 g/mol. The van der Waals surface area contributed by atoms with Gasteiger partial charge in [0.05, 0.1) is 0 Å². The molecule has 0 spiro atoms. The molecule has 0 radical (unpaired) electrons. The fourth-order valence-electron chi connectivity index (χ4n) is 2.81. The summed E-state index contributed by atoms with van der Waals surface area (Å²) in [6, 6.07) is 0.531. The van der Waals surface area contributed by atoms with Gasteiger partial charge >= 0.3 is 44.1 Å². The predicted octanol–water partition coefficient (Wildman–Crippen LogP) is 7.33. The Morgan fingerprint density at radius 1 is 0.875 bits per heavy atom. The first-order chi connectivity index (χ1) is 11.5. The van der Waals surface area contributed by atoms with Gasteiger partial charge in [-0.05, 0) is 11.8 Å². The first kappa shape index (κ1) is 26.7. The summed E-state index contributed by atoms with van der Waals surface area (Å²) < 4.78 is 3.94. The van der Waals surface area contributed by atoms with Crippen molar-refractivity contribution >= 4 is 0 Å². The van der Waals surface area contributed by atoms with Crippen molar-refractivity contribution in [3.63, 3.8) is 0 Å². The molecule has 0 N–H and O–H groups in total. The van der Waals surface area contributed by atoms with Crippen LogP contribution in [0.1, 0.15) is 91.9 Å². The minimum absolute atomic E-state index is 0.531. The maximum atomic E-state index is 3.94. The normalized spacial score (nSPS) is 18.2. The topological polar surface area (TPSA) is 26.5 Å². The molecule has 2 rings (SSSR count).